The maximum absolute atomic E-state index is 4.38. The van der Waals surface area contributed by atoms with E-state index in [0.29, 0.717) is 5.92 Å². The van der Waals surface area contributed by atoms with Crippen molar-refractivity contribution < 1.29 is 0 Å². The SMILES string of the molecule is Cc1ccc(N2C[C@@H]3CCC[C@H](CNc4ncccn4)[C@@H]3C2)nn1. The summed E-state index contributed by atoms with van der Waals surface area (Å²) in [5.41, 5.74) is 0.973. The smallest absolute Gasteiger partial charge is 0.222 e. The Bertz CT molecular complexity index is 659. The fourth-order valence-corrected chi connectivity index (χ4v) is 4.21. The Morgan fingerprint density at radius 3 is 2.79 bits per heavy atom. The lowest BCUT2D eigenvalue weighted by Crippen LogP contribution is -2.32. The molecule has 2 aromatic heterocycles. The topological polar surface area (TPSA) is 66.8 Å². The highest BCUT2D eigenvalue weighted by molar-refractivity contribution is 5.39. The quantitative estimate of drug-likeness (QED) is 0.932. The molecule has 3 atom stereocenters. The molecule has 0 aromatic carbocycles. The highest BCUT2D eigenvalue weighted by atomic mass is 15.3. The number of anilines is 2. The molecular weight excluding hydrogens is 300 g/mol. The summed E-state index contributed by atoms with van der Waals surface area (Å²) in [4.78, 5) is 11.0. The minimum Gasteiger partial charge on any atom is -0.355 e. The number of fused-ring (bicyclic) bond motifs is 1. The Labute approximate surface area is 142 Å². The van der Waals surface area contributed by atoms with Gasteiger partial charge in [0.2, 0.25) is 5.95 Å². The molecule has 1 aliphatic carbocycles. The monoisotopic (exact) mass is 324 g/mol. The molecule has 0 unspecified atom stereocenters. The first-order chi connectivity index (χ1) is 11.8. The van der Waals surface area contributed by atoms with Gasteiger partial charge in [-0.15, -0.1) is 5.10 Å². The molecule has 2 fully saturated rings. The van der Waals surface area contributed by atoms with Crippen LogP contribution in [-0.4, -0.2) is 39.8 Å². The van der Waals surface area contributed by atoms with E-state index in [4.69, 9.17) is 0 Å². The van der Waals surface area contributed by atoms with Crippen molar-refractivity contribution >= 4 is 11.8 Å². The minimum atomic E-state index is 0.677. The number of hydrogen-bond acceptors (Lipinski definition) is 6. The molecule has 24 heavy (non-hydrogen) atoms. The van der Waals surface area contributed by atoms with Gasteiger partial charge >= 0.3 is 0 Å². The summed E-state index contributed by atoms with van der Waals surface area (Å²) in [6, 6.07) is 6.00. The Morgan fingerprint density at radius 2 is 2.00 bits per heavy atom. The number of aromatic nitrogens is 4. The van der Waals surface area contributed by atoms with Gasteiger partial charge in [0, 0.05) is 32.0 Å². The van der Waals surface area contributed by atoms with Gasteiger partial charge in [-0.1, -0.05) is 6.42 Å². The molecule has 6 nitrogen and oxygen atoms in total. The predicted octanol–water partition coefficient (Wildman–Crippen LogP) is 2.54. The molecule has 2 aromatic rings. The van der Waals surface area contributed by atoms with Crippen LogP contribution in [-0.2, 0) is 0 Å². The molecule has 0 spiro atoms. The van der Waals surface area contributed by atoms with Crippen molar-refractivity contribution in [2.75, 3.05) is 29.9 Å². The number of nitrogens with one attached hydrogen (secondary N) is 1. The van der Waals surface area contributed by atoms with Gasteiger partial charge in [0.15, 0.2) is 5.82 Å². The maximum atomic E-state index is 4.38. The lowest BCUT2D eigenvalue weighted by molar-refractivity contribution is 0.209. The standard InChI is InChI=1S/C18H24N6/c1-13-6-7-17(23-22-13)24-11-15-5-2-4-14(16(15)12-24)10-21-18-19-8-3-9-20-18/h3,6-9,14-16H,2,4-5,10-12H2,1H3,(H,19,20,21)/t14-,15+,16+/m1/s1. The van der Waals surface area contributed by atoms with Crippen molar-refractivity contribution in [1.29, 1.82) is 0 Å². The molecule has 1 saturated carbocycles. The zero-order chi connectivity index (χ0) is 16.4. The van der Waals surface area contributed by atoms with Crippen molar-refractivity contribution in [2.24, 2.45) is 17.8 Å². The third-order valence-corrected chi connectivity index (χ3v) is 5.44. The van der Waals surface area contributed by atoms with Crippen LogP contribution in [0.1, 0.15) is 25.0 Å². The average molecular weight is 324 g/mol. The predicted molar refractivity (Wildman–Crippen MR) is 93.8 cm³/mol. The van der Waals surface area contributed by atoms with Crippen molar-refractivity contribution in [1.82, 2.24) is 20.2 Å². The van der Waals surface area contributed by atoms with Crippen molar-refractivity contribution in [3.05, 3.63) is 36.3 Å². The van der Waals surface area contributed by atoms with Crippen molar-refractivity contribution in [2.45, 2.75) is 26.2 Å². The molecule has 4 rings (SSSR count). The summed E-state index contributed by atoms with van der Waals surface area (Å²) in [7, 11) is 0. The van der Waals surface area contributed by atoms with Crippen LogP contribution in [0.25, 0.3) is 0 Å². The Kier molecular flexibility index (Phi) is 4.28. The first kappa shape index (κ1) is 15.3. The fraction of sp³-hybridized carbons (Fsp3) is 0.556. The molecule has 2 aliphatic rings. The summed E-state index contributed by atoms with van der Waals surface area (Å²) < 4.78 is 0. The molecule has 126 valence electrons. The van der Waals surface area contributed by atoms with E-state index in [9.17, 15) is 0 Å². The van der Waals surface area contributed by atoms with E-state index in [2.05, 4.69) is 42.5 Å². The number of aryl methyl sites for hydroxylation is 1. The van der Waals surface area contributed by atoms with Crippen LogP contribution >= 0.6 is 0 Å². The lowest BCUT2D eigenvalue weighted by Gasteiger charge is -2.32. The van der Waals surface area contributed by atoms with Crippen LogP contribution in [0.5, 0.6) is 0 Å². The number of nitrogens with zero attached hydrogens (tertiary/aromatic N) is 5. The number of rotatable bonds is 4. The van der Waals surface area contributed by atoms with Crippen LogP contribution in [0.2, 0.25) is 0 Å². The summed E-state index contributed by atoms with van der Waals surface area (Å²) >= 11 is 0. The maximum Gasteiger partial charge on any atom is 0.222 e. The minimum absolute atomic E-state index is 0.677. The third-order valence-electron chi connectivity index (χ3n) is 5.44. The van der Waals surface area contributed by atoms with E-state index in [-0.39, 0.29) is 0 Å². The first-order valence-electron chi connectivity index (χ1n) is 8.86. The van der Waals surface area contributed by atoms with Crippen molar-refractivity contribution in [3.8, 4) is 0 Å². The normalized spacial score (nSPS) is 26.2. The molecule has 0 bridgehead atoms. The first-order valence-corrected chi connectivity index (χ1v) is 8.86. The molecule has 1 aliphatic heterocycles. The second-order valence-electron chi connectivity index (χ2n) is 7.01. The van der Waals surface area contributed by atoms with Crippen LogP contribution in [0.15, 0.2) is 30.6 Å². The van der Waals surface area contributed by atoms with E-state index in [1.807, 2.05) is 13.0 Å². The van der Waals surface area contributed by atoms with Gasteiger partial charge in [-0.05, 0) is 55.7 Å². The van der Waals surface area contributed by atoms with Gasteiger partial charge in [-0.3, -0.25) is 0 Å². The molecule has 3 heterocycles. The van der Waals surface area contributed by atoms with E-state index in [1.165, 1.54) is 19.3 Å². The molecule has 1 N–H and O–H groups in total. The summed E-state index contributed by atoms with van der Waals surface area (Å²) in [6.07, 6.45) is 7.50. The van der Waals surface area contributed by atoms with Crippen LogP contribution < -0.4 is 10.2 Å². The molecule has 1 saturated heterocycles. The Balaban J connectivity index is 1.41. The average Bonchev–Trinajstić information content (AvgIpc) is 3.06. The number of hydrogen-bond donors (Lipinski definition) is 1. The summed E-state index contributed by atoms with van der Waals surface area (Å²) in [5.74, 6) is 3.92. The largest absolute Gasteiger partial charge is 0.355 e. The van der Waals surface area contributed by atoms with Gasteiger partial charge in [0.1, 0.15) is 0 Å². The van der Waals surface area contributed by atoms with Gasteiger partial charge < -0.3 is 10.2 Å². The van der Waals surface area contributed by atoms with Gasteiger partial charge in [0.05, 0.1) is 5.69 Å². The zero-order valence-corrected chi connectivity index (χ0v) is 14.1. The van der Waals surface area contributed by atoms with E-state index in [1.54, 1.807) is 12.4 Å². The Morgan fingerprint density at radius 1 is 1.12 bits per heavy atom. The summed E-state index contributed by atoms with van der Waals surface area (Å²) in [5, 5.41) is 12.0. The molecule has 0 radical (unpaired) electrons. The second-order valence-corrected chi connectivity index (χ2v) is 7.01. The highest BCUT2D eigenvalue weighted by Gasteiger charge is 2.40. The van der Waals surface area contributed by atoms with E-state index < -0.39 is 0 Å². The van der Waals surface area contributed by atoms with Gasteiger partial charge in [0.25, 0.3) is 0 Å². The molecule has 6 heteroatoms. The second kappa shape index (κ2) is 6.71. The van der Waals surface area contributed by atoms with E-state index >= 15 is 0 Å². The van der Waals surface area contributed by atoms with Crippen molar-refractivity contribution in [3.63, 3.8) is 0 Å². The van der Waals surface area contributed by atoms with Crippen LogP contribution in [0, 0.1) is 24.7 Å². The summed E-state index contributed by atoms with van der Waals surface area (Å²) in [6.45, 7) is 5.14. The third kappa shape index (κ3) is 3.18. The lowest BCUT2D eigenvalue weighted by atomic mass is 9.74. The van der Waals surface area contributed by atoms with E-state index in [0.717, 1.165) is 48.9 Å². The zero-order valence-electron chi connectivity index (χ0n) is 14.1. The van der Waals surface area contributed by atoms with Gasteiger partial charge in [-0.25, -0.2) is 9.97 Å². The molecule has 0 amide bonds. The van der Waals surface area contributed by atoms with Crippen LogP contribution in [0.4, 0.5) is 11.8 Å². The highest BCUT2D eigenvalue weighted by Crippen LogP contribution is 2.41. The van der Waals surface area contributed by atoms with Crippen LogP contribution in [0.3, 0.4) is 0 Å². The Hall–Kier alpha value is -2.24. The van der Waals surface area contributed by atoms with Gasteiger partial charge in [-0.2, -0.15) is 5.10 Å². The molecular formula is C18H24N6. The fourth-order valence-electron chi connectivity index (χ4n) is 4.21.